The van der Waals surface area contributed by atoms with Crippen molar-refractivity contribution in [1.29, 1.82) is 0 Å². The molecule has 0 radical (unpaired) electrons. The van der Waals surface area contributed by atoms with Crippen LogP contribution in [0.2, 0.25) is 0 Å². The summed E-state index contributed by atoms with van der Waals surface area (Å²) in [6.45, 7) is 4.96. The number of carbonyl (C=O) groups excluding carboxylic acids is 2. The molecular formula is C61H119NO5. The second-order valence-electron chi connectivity index (χ2n) is 21.0. The van der Waals surface area contributed by atoms with E-state index >= 15 is 0 Å². The summed E-state index contributed by atoms with van der Waals surface area (Å²) in [5, 5.41) is 23.3. The van der Waals surface area contributed by atoms with Crippen molar-refractivity contribution in [3.8, 4) is 0 Å². The maximum Gasteiger partial charge on any atom is 0.305 e. The van der Waals surface area contributed by atoms with Crippen molar-refractivity contribution in [3.63, 3.8) is 0 Å². The predicted octanol–water partition coefficient (Wildman–Crippen LogP) is 18.9. The first kappa shape index (κ1) is 65.6. The van der Waals surface area contributed by atoms with Gasteiger partial charge >= 0.3 is 5.97 Å². The lowest BCUT2D eigenvalue weighted by Gasteiger charge is -2.22. The van der Waals surface area contributed by atoms with Gasteiger partial charge in [0.05, 0.1) is 25.4 Å². The zero-order chi connectivity index (χ0) is 48.6. The molecule has 0 aromatic rings. The second-order valence-corrected chi connectivity index (χ2v) is 21.0. The van der Waals surface area contributed by atoms with Crippen LogP contribution in [-0.2, 0) is 14.3 Å². The van der Waals surface area contributed by atoms with Crippen LogP contribution in [0.3, 0.4) is 0 Å². The highest BCUT2D eigenvalue weighted by atomic mass is 16.5. The zero-order valence-corrected chi connectivity index (χ0v) is 45.4. The highest BCUT2D eigenvalue weighted by molar-refractivity contribution is 5.76. The van der Waals surface area contributed by atoms with E-state index in [4.69, 9.17) is 4.74 Å². The Morgan fingerprint density at radius 3 is 1.06 bits per heavy atom. The Hall–Kier alpha value is -1.40. The van der Waals surface area contributed by atoms with Crippen molar-refractivity contribution in [3.05, 3.63) is 12.2 Å². The third kappa shape index (κ3) is 53.8. The Balaban J connectivity index is 3.44. The molecule has 67 heavy (non-hydrogen) atoms. The highest BCUT2D eigenvalue weighted by Crippen LogP contribution is 2.18. The Morgan fingerprint density at radius 1 is 0.403 bits per heavy atom. The van der Waals surface area contributed by atoms with E-state index in [0.717, 1.165) is 44.9 Å². The summed E-state index contributed by atoms with van der Waals surface area (Å²) in [6, 6.07) is -0.548. The van der Waals surface area contributed by atoms with Gasteiger partial charge in [-0.2, -0.15) is 0 Å². The highest BCUT2D eigenvalue weighted by Gasteiger charge is 2.20. The van der Waals surface area contributed by atoms with E-state index in [-0.39, 0.29) is 18.5 Å². The van der Waals surface area contributed by atoms with Crippen LogP contribution in [-0.4, -0.2) is 47.4 Å². The number of ether oxygens (including phenoxy) is 1. The maximum absolute atomic E-state index is 12.5. The number of amides is 1. The van der Waals surface area contributed by atoms with Gasteiger partial charge in [0, 0.05) is 12.8 Å². The molecule has 0 aromatic heterocycles. The number of unbranched alkanes of at least 4 members (excludes halogenated alkanes) is 44. The third-order valence-electron chi connectivity index (χ3n) is 14.3. The lowest BCUT2D eigenvalue weighted by molar-refractivity contribution is -0.143. The molecule has 0 aliphatic heterocycles. The van der Waals surface area contributed by atoms with E-state index in [9.17, 15) is 19.8 Å². The monoisotopic (exact) mass is 946 g/mol. The first-order valence-electron chi connectivity index (χ1n) is 30.4. The molecule has 398 valence electrons. The number of aliphatic hydroxyl groups excluding tert-OH is 2. The lowest BCUT2D eigenvalue weighted by atomic mass is 10.0. The first-order chi connectivity index (χ1) is 33.0. The Morgan fingerprint density at radius 2 is 0.701 bits per heavy atom. The fourth-order valence-corrected chi connectivity index (χ4v) is 9.64. The molecule has 0 rings (SSSR count). The van der Waals surface area contributed by atoms with Crippen LogP contribution in [0.5, 0.6) is 0 Å². The van der Waals surface area contributed by atoms with Crippen molar-refractivity contribution in [2.24, 2.45) is 0 Å². The molecule has 0 aromatic carbocycles. The van der Waals surface area contributed by atoms with Gasteiger partial charge in [-0.05, 0) is 51.4 Å². The smallest absolute Gasteiger partial charge is 0.305 e. The molecule has 0 aliphatic rings. The fourth-order valence-electron chi connectivity index (χ4n) is 9.64. The predicted molar refractivity (Wildman–Crippen MR) is 292 cm³/mol. The van der Waals surface area contributed by atoms with Gasteiger partial charge < -0.3 is 20.3 Å². The maximum atomic E-state index is 12.5. The Bertz CT molecular complexity index is 1000. The van der Waals surface area contributed by atoms with Crippen LogP contribution in [0.15, 0.2) is 12.2 Å². The van der Waals surface area contributed by atoms with Crippen molar-refractivity contribution < 1.29 is 24.5 Å². The first-order valence-corrected chi connectivity index (χ1v) is 30.4. The van der Waals surface area contributed by atoms with Gasteiger partial charge in [0.15, 0.2) is 0 Å². The van der Waals surface area contributed by atoms with E-state index in [0.29, 0.717) is 25.9 Å². The number of nitrogens with one attached hydrogen (secondary N) is 1. The number of esters is 1. The quantitative estimate of drug-likeness (QED) is 0.0321. The summed E-state index contributed by atoms with van der Waals surface area (Å²) in [6.07, 6.45) is 67.8. The molecule has 6 heteroatoms. The second kappa shape index (κ2) is 57.2. The SMILES string of the molecule is CCCCCCCCCCCCCCCCCCCCCCC(O)C(CO)NC(=O)CCCCCCCCC/C=C\CCCCCCCCCCOC(=O)CCCCCCCCCCCCC. The number of hydrogen-bond acceptors (Lipinski definition) is 5. The van der Waals surface area contributed by atoms with Gasteiger partial charge in [-0.25, -0.2) is 0 Å². The largest absolute Gasteiger partial charge is 0.466 e. The van der Waals surface area contributed by atoms with Crippen LogP contribution in [0.25, 0.3) is 0 Å². The molecule has 1 amide bonds. The van der Waals surface area contributed by atoms with Crippen LogP contribution in [0.1, 0.15) is 341 Å². The lowest BCUT2D eigenvalue weighted by Crippen LogP contribution is -2.45. The molecule has 0 aliphatic carbocycles. The van der Waals surface area contributed by atoms with Gasteiger partial charge in [0.25, 0.3) is 0 Å². The minimum atomic E-state index is -0.670. The van der Waals surface area contributed by atoms with Crippen molar-refractivity contribution >= 4 is 11.9 Å². The summed E-state index contributed by atoms with van der Waals surface area (Å²) >= 11 is 0. The molecule has 2 unspecified atom stereocenters. The molecular weight excluding hydrogens is 827 g/mol. The average Bonchev–Trinajstić information content (AvgIpc) is 3.33. The average molecular weight is 947 g/mol. The van der Waals surface area contributed by atoms with Gasteiger partial charge in [0.2, 0.25) is 5.91 Å². The van der Waals surface area contributed by atoms with Crippen LogP contribution >= 0.6 is 0 Å². The minimum absolute atomic E-state index is 0.00441. The van der Waals surface area contributed by atoms with E-state index in [1.165, 1.54) is 263 Å². The van der Waals surface area contributed by atoms with Crippen molar-refractivity contribution in [2.45, 2.75) is 353 Å². The molecule has 0 fully saturated rings. The Labute approximate surface area is 419 Å². The van der Waals surface area contributed by atoms with Gasteiger partial charge in [-0.1, -0.05) is 289 Å². The summed E-state index contributed by atoms with van der Waals surface area (Å²) in [4.78, 5) is 24.5. The van der Waals surface area contributed by atoms with E-state index in [1.807, 2.05) is 0 Å². The third-order valence-corrected chi connectivity index (χ3v) is 14.3. The molecule has 0 saturated carbocycles. The zero-order valence-electron chi connectivity index (χ0n) is 45.4. The van der Waals surface area contributed by atoms with Gasteiger partial charge in [-0.15, -0.1) is 0 Å². The molecule has 0 heterocycles. The fraction of sp³-hybridized carbons (Fsp3) is 0.934. The van der Waals surface area contributed by atoms with Crippen molar-refractivity contribution in [1.82, 2.24) is 5.32 Å². The van der Waals surface area contributed by atoms with Crippen LogP contribution in [0.4, 0.5) is 0 Å². The molecule has 3 N–H and O–H groups in total. The van der Waals surface area contributed by atoms with E-state index in [1.54, 1.807) is 0 Å². The number of hydrogen-bond donors (Lipinski definition) is 3. The van der Waals surface area contributed by atoms with Gasteiger partial charge in [0.1, 0.15) is 0 Å². The standard InChI is InChI=1S/C61H119NO5/c1-3-5-7-9-11-13-15-16-17-18-19-21-24-27-30-34-37-41-45-49-53-59(64)58(57-63)62-60(65)54-50-46-42-38-35-31-28-25-22-20-23-26-29-32-36-40-44-48-52-56-67-61(66)55-51-47-43-39-33-14-12-10-8-6-4-2/h20,22,58-59,63-64H,3-19,21,23-57H2,1-2H3,(H,62,65)/b22-20-. The van der Waals surface area contributed by atoms with Crippen LogP contribution in [0, 0.1) is 0 Å². The molecule has 2 atom stereocenters. The number of carbonyl (C=O) groups is 2. The summed E-state index contributed by atoms with van der Waals surface area (Å²) in [5.74, 6) is -0.0366. The summed E-state index contributed by atoms with van der Waals surface area (Å²) in [5.41, 5.74) is 0. The molecule has 0 saturated heterocycles. The van der Waals surface area contributed by atoms with E-state index < -0.39 is 12.1 Å². The number of aliphatic hydroxyl groups is 2. The van der Waals surface area contributed by atoms with Gasteiger partial charge in [-0.3, -0.25) is 9.59 Å². The summed E-state index contributed by atoms with van der Waals surface area (Å²) in [7, 11) is 0. The van der Waals surface area contributed by atoms with Crippen molar-refractivity contribution in [2.75, 3.05) is 13.2 Å². The molecule has 0 bridgehead atoms. The minimum Gasteiger partial charge on any atom is -0.466 e. The number of rotatable bonds is 57. The Kier molecular flexibility index (Phi) is 56.0. The molecule has 6 nitrogen and oxygen atoms in total. The van der Waals surface area contributed by atoms with E-state index in [2.05, 4.69) is 31.3 Å². The topological polar surface area (TPSA) is 95.9 Å². The molecule has 0 spiro atoms. The summed E-state index contributed by atoms with van der Waals surface area (Å²) < 4.78 is 5.46. The van der Waals surface area contributed by atoms with Crippen LogP contribution < -0.4 is 5.32 Å². The number of allylic oxidation sites excluding steroid dienone is 2. The normalized spacial score (nSPS) is 12.6.